The maximum Gasteiger partial charge on any atom is 0.251 e. The maximum absolute atomic E-state index is 11.7. The van der Waals surface area contributed by atoms with Gasteiger partial charge < -0.3 is 5.32 Å². The SMILES string of the molecule is O=C(NC1CC1)c1ccc2[nH]ncc2c1. The van der Waals surface area contributed by atoms with Gasteiger partial charge >= 0.3 is 0 Å². The monoisotopic (exact) mass is 201 g/mol. The van der Waals surface area contributed by atoms with E-state index in [1.165, 1.54) is 0 Å². The zero-order valence-corrected chi connectivity index (χ0v) is 8.16. The van der Waals surface area contributed by atoms with E-state index in [0.29, 0.717) is 11.6 Å². The topological polar surface area (TPSA) is 57.8 Å². The molecule has 1 aliphatic rings. The van der Waals surface area contributed by atoms with Gasteiger partial charge in [-0.05, 0) is 31.0 Å². The average molecular weight is 201 g/mol. The van der Waals surface area contributed by atoms with E-state index in [9.17, 15) is 4.79 Å². The number of amides is 1. The van der Waals surface area contributed by atoms with Crippen LogP contribution in [0, 0.1) is 0 Å². The Kier molecular flexibility index (Phi) is 1.74. The number of carbonyl (C=O) groups is 1. The van der Waals surface area contributed by atoms with E-state index < -0.39 is 0 Å². The van der Waals surface area contributed by atoms with Crippen molar-refractivity contribution in [1.82, 2.24) is 15.5 Å². The van der Waals surface area contributed by atoms with Crippen molar-refractivity contribution in [2.45, 2.75) is 18.9 Å². The number of hydrogen-bond acceptors (Lipinski definition) is 2. The highest BCUT2D eigenvalue weighted by Crippen LogP contribution is 2.20. The first-order valence-corrected chi connectivity index (χ1v) is 5.07. The summed E-state index contributed by atoms with van der Waals surface area (Å²) >= 11 is 0. The normalized spacial score (nSPS) is 15.5. The molecule has 76 valence electrons. The van der Waals surface area contributed by atoms with Gasteiger partial charge in [-0.25, -0.2) is 0 Å². The van der Waals surface area contributed by atoms with E-state index >= 15 is 0 Å². The Hall–Kier alpha value is -1.84. The lowest BCUT2D eigenvalue weighted by atomic mass is 10.1. The number of rotatable bonds is 2. The molecule has 1 fully saturated rings. The Bertz CT molecular complexity index is 513. The lowest BCUT2D eigenvalue weighted by molar-refractivity contribution is 0.0951. The zero-order chi connectivity index (χ0) is 10.3. The van der Waals surface area contributed by atoms with Crippen LogP contribution in [0.3, 0.4) is 0 Å². The van der Waals surface area contributed by atoms with Crippen molar-refractivity contribution in [2.75, 3.05) is 0 Å². The molecular weight excluding hydrogens is 190 g/mol. The van der Waals surface area contributed by atoms with Gasteiger partial charge in [0.1, 0.15) is 0 Å². The number of carbonyl (C=O) groups excluding carboxylic acids is 1. The molecule has 0 radical (unpaired) electrons. The molecule has 4 nitrogen and oxygen atoms in total. The average Bonchev–Trinajstić information content (AvgIpc) is 2.94. The molecular formula is C11H11N3O. The molecule has 1 saturated carbocycles. The van der Waals surface area contributed by atoms with Gasteiger partial charge in [-0.2, -0.15) is 5.10 Å². The van der Waals surface area contributed by atoms with Crippen LogP contribution in [-0.2, 0) is 0 Å². The van der Waals surface area contributed by atoms with Gasteiger partial charge in [0, 0.05) is 17.0 Å². The molecule has 1 aromatic heterocycles. The summed E-state index contributed by atoms with van der Waals surface area (Å²) in [6.07, 6.45) is 3.95. The highest BCUT2D eigenvalue weighted by molar-refractivity contribution is 5.98. The summed E-state index contributed by atoms with van der Waals surface area (Å²) in [6, 6.07) is 5.95. The fourth-order valence-corrected chi connectivity index (χ4v) is 1.58. The van der Waals surface area contributed by atoms with Gasteiger partial charge in [0.25, 0.3) is 5.91 Å². The third-order valence-corrected chi connectivity index (χ3v) is 2.61. The van der Waals surface area contributed by atoms with Crippen molar-refractivity contribution >= 4 is 16.8 Å². The van der Waals surface area contributed by atoms with Crippen LogP contribution in [0.15, 0.2) is 24.4 Å². The largest absolute Gasteiger partial charge is 0.349 e. The number of aromatic amines is 1. The van der Waals surface area contributed by atoms with Crippen LogP contribution in [-0.4, -0.2) is 22.1 Å². The molecule has 0 bridgehead atoms. The summed E-state index contributed by atoms with van der Waals surface area (Å²) in [5, 5.41) is 10.7. The van der Waals surface area contributed by atoms with Crippen molar-refractivity contribution in [3.63, 3.8) is 0 Å². The number of aromatic nitrogens is 2. The number of H-pyrrole nitrogens is 1. The Labute approximate surface area is 86.7 Å². The molecule has 2 N–H and O–H groups in total. The van der Waals surface area contributed by atoms with Gasteiger partial charge in [0.15, 0.2) is 0 Å². The Morgan fingerprint density at radius 1 is 1.47 bits per heavy atom. The molecule has 0 unspecified atom stereocenters. The summed E-state index contributed by atoms with van der Waals surface area (Å²) in [5.74, 6) is 0.0144. The highest BCUT2D eigenvalue weighted by Gasteiger charge is 2.23. The van der Waals surface area contributed by atoms with Gasteiger partial charge in [0.2, 0.25) is 0 Å². The third-order valence-electron chi connectivity index (χ3n) is 2.61. The van der Waals surface area contributed by atoms with E-state index in [4.69, 9.17) is 0 Å². The smallest absolute Gasteiger partial charge is 0.251 e. The van der Waals surface area contributed by atoms with E-state index in [-0.39, 0.29) is 5.91 Å². The minimum Gasteiger partial charge on any atom is -0.349 e. The van der Waals surface area contributed by atoms with Crippen LogP contribution in [0.5, 0.6) is 0 Å². The second-order valence-corrected chi connectivity index (χ2v) is 3.92. The zero-order valence-electron chi connectivity index (χ0n) is 8.16. The fraction of sp³-hybridized carbons (Fsp3) is 0.273. The van der Waals surface area contributed by atoms with Gasteiger partial charge in [-0.15, -0.1) is 0 Å². The molecule has 1 heterocycles. The third kappa shape index (κ3) is 1.58. The second-order valence-electron chi connectivity index (χ2n) is 3.92. The minimum atomic E-state index is 0.0144. The minimum absolute atomic E-state index is 0.0144. The fourth-order valence-electron chi connectivity index (χ4n) is 1.58. The predicted octanol–water partition coefficient (Wildman–Crippen LogP) is 1.46. The molecule has 0 saturated heterocycles. The molecule has 1 aromatic carbocycles. The molecule has 0 atom stereocenters. The molecule has 0 aliphatic heterocycles. The molecule has 15 heavy (non-hydrogen) atoms. The number of benzene rings is 1. The van der Waals surface area contributed by atoms with E-state index in [1.54, 1.807) is 6.20 Å². The summed E-state index contributed by atoms with van der Waals surface area (Å²) in [4.78, 5) is 11.7. The lowest BCUT2D eigenvalue weighted by Crippen LogP contribution is -2.25. The Morgan fingerprint density at radius 3 is 3.13 bits per heavy atom. The first kappa shape index (κ1) is 8.47. The van der Waals surface area contributed by atoms with E-state index in [2.05, 4.69) is 15.5 Å². The van der Waals surface area contributed by atoms with Crippen molar-refractivity contribution in [1.29, 1.82) is 0 Å². The van der Waals surface area contributed by atoms with Crippen LogP contribution >= 0.6 is 0 Å². The standard InChI is InChI=1S/C11H11N3O/c15-11(13-9-2-3-9)7-1-4-10-8(5-7)6-12-14-10/h1,4-6,9H,2-3H2,(H,12,14)(H,13,15). The molecule has 1 amide bonds. The molecule has 1 aliphatic carbocycles. The number of fused-ring (bicyclic) bond motifs is 1. The lowest BCUT2D eigenvalue weighted by Gasteiger charge is -2.02. The molecule has 4 heteroatoms. The Morgan fingerprint density at radius 2 is 2.33 bits per heavy atom. The Balaban J connectivity index is 1.91. The first-order valence-electron chi connectivity index (χ1n) is 5.07. The quantitative estimate of drug-likeness (QED) is 0.772. The van der Waals surface area contributed by atoms with Crippen LogP contribution in [0.1, 0.15) is 23.2 Å². The van der Waals surface area contributed by atoms with Crippen molar-refractivity contribution in [2.24, 2.45) is 0 Å². The van der Waals surface area contributed by atoms with E-state index in [0.717, 1.165) is 23.7 Å². The maximum atomic E-state index is 11.7. The number of nitrogens with one attached hydrogen (secondary N) is 2. The summed E-state index contributed by atoms with van der Waals surface area (Å²) < 4.78 is 0. The summed E-state index contributed by atoms with van der Waals surface area (Å²) in [7, 11) is 0. The molecule has 0 spiro atoms. The number of hydrogen-bond donors (Lipinski definition) is 2. The predicted molar refractivity (Wildman–Crippen MR) is 56.6 cm³/mol. The highest BCUT2D eigenvalue weighted by atomic mass is 16.1. The molecule has 2 aromatic rings. The molecule has 3 rings (SSSR count). The van der Waals surface area contributed by atoms with Gasteiger partial charge in [-0.3, -0.25) is 9.89 Å². The van der Waals surface area contributed by atoms with Crippen LogP contribution < -0.4 is 5.32 Å². The van der Waals surface area contributed by atoms with Gasteiger partial charge in [-0.1, -0.05) is 0 Å². The summed E-state index contributed by atoms with van der Waals surface area (Å²) in [5.41, 5.74) is 1.66. The first-order chi connectivity index (χ1) is 7.33. The van der Waals surface area contributed by atoms with Crippen LogP contribution in [0.4, 0.5) is 0 Å². The van der Waals surface area contributed by atoms with Gasteiger partial charge in [0.05, 0.1) is 11.7 Å². The van der Waals surface area contributed by atoms with Crippen molar-refractivity contribution < 1.29 is 4.79 Å². The van der Waals surface area contributed by atoms with E-state index in [1.807, 2.05) is 18.2 Å². The summed E-state index contributed by atoms with van der Waals surface area (Å²) in [6.45, 7) is 0. The second kappa shape index (κ2) is 3.08. The van der Waals surface area contributed by atoms with Crippen LogP contribution in [0.2, 0.25) is 0 Å². The van der Waals surface area contributed by atoms with Crippen molar-refractivity contribution in [3.8, 4) is 0 Å². The van der Waals surface area contributed by atoms with Crippen molar-refractivity contribution in [3.05, 3.63) is 30.0 Å². The number of nitrogens with zero attached hydrogens (tertiary/aromatic N) is 1. The van der Waals surface area contributed by atoms with Crippen LogP contribution in [0.25, 0.3) is 10.9 Å².